The maximum absolute atomic E-state index is 15.3. The van der Waals surface area contributed by atoms with Crippen molar-refractivity contribution < 1.29 is 27.8 Å². The normalized spacial score (nSPS) is 18.5. The summed E-state index contributed by atoms with van der Waals surface area (Å²) in [5, 5.41) is 17.6. The Morgan fingerprint density at radius 1 is 1.27 bits per heavy atom. The molecule has 0 aromatic heterocycles. The highest BCUT2D eigenvalue weighted by Crippen LogP contribution is 2.42. The Balaban J connectivity index is 2.11. The average Bonchev–Trinajstić information content (AvgIpc) is 2.71. The van der Waals surface area contributed by atoms with Crippen LogP contribution in [-0.2, 0) is 17.6 Å². The molecule has 0 spiro atoms. The zero-order chi connectivity index (χ0) is 24.3. The quantitative estimate of drug-likeness (QED) is 0.602. The van der Waals surface area contributed by atoms with Crippen LogP contribution in [0.1, 0.15) is 55.5 Å². The predicted octanol–water partition coefficient (Wildman–Crippen LogP) is 4.97. The van der Waals surface area contributed by atoms with E-state index in [0.717, 1.165) is 17.7 Å². The van der Waals surface area contributed by atoms with Crippen LogP contribution < -0.4 is 4.74 Å². The third-order valence-corrected chi connectivity index (χ3v) is 5.72. The van der Waals surface area contributed by atoms with Crippen molar-refractivity contribution in [3.63, 3.8) is 0 Å². The number of carboxylic acids is 1. The smallest absolute Gasteiger partial charge is 0.303 e. The van der Waals surface area contributed by atoms with E-state index in [1.54, 1.807) is 23.1 Å². The van der Waals surface area contributed by atoms with Crippen LogP contribution in [0.3, 0.4) is 0 Å². The molecule has 0 saturated heterocycles. The first kappa shape index (κ1) is 24.6. The van der Waals surface area contributed by atoms with Gasteiger partial charge in [0, 0.05) is 24.6 Å². The maximum atomic E-state index is 15.3. The first-order valence-electron chi connectivity index (χ1n) is 10.8. The molecule has 2 aromatic carbocycles. The lowest BCUT2D eigenvalue weighted by Crippen LogP contribution is -2.48. The second-order valence-electron chi connectivity index (χ2n) is 9.02. The Hall–Kier alpha value is -3.05. The first-order valence-corrected chi connectivity index (χ1v) is 10.8. The Morgan fingerprint density at radius 3 is 2.52 bits per heavy atom. The minimum atomic E-state index is -1.60. The minimum absolute atomic E-state index is 0.00191. The molecular weight excluding hydrogens is 433 g/mol. The Morgan fingerprint density at radius 2 is 1.94 bits per heavy atom. The summed E-state index contributed by atoms with van der Waals surface area (Å²) >= 11 is 0. The molecule has 2 atom stereocenters. The van der Waals surface area contributed by atoms with Gasteiger partial charge in [0.1, 0.15) is 29.1 Å². The number of ether oxygens (including phenoxy) is 1. The first-order chi connectivity index (χ1) is 15.5. The molecule has 0 saturated carbocycles. The average molecular weight is 460 g/mol. The van der Waals surface area contributed by atoms with Crippen LogP contribution >= 0.6 is 0 Å². The van der Waals surface area contributed by atoms with Gasteiger partial charge in [0.05, 0.1) is 6.04 Å². The highest BCUT2D eigenvalue weighted by Gasteiger charge is 2.39. The van der Waals surface area contributed by atoms with Crippen LogP contribution in [0.25, 0.3) is 0 Å². The molecular formula is C25H27F3N2O3. The topological polar surface area (TPSA) is 73.6 Å². The van der Waals surface area contributed by atoms with Crippen LogP contribution in [0.2, 0.25) is 0 Å². The number of nitrogens with zero attached hydrogens (tertiary/aromatic N) is 2. The van der Waals surface area contributed by atoms with Crippen molar-refractivity contribution in [2.75, 3.05) is 13.2 Å². The van der Waals surface area contributed by atoms with Crippen LogP contribution in [0.15, 0.2) is 30.3 Å². The van der Waals surface area contributed by atoms with Gasteiger partial charge in [0.2, 0.25) is 0 Å². The van der Waals surface area contributed by atoms with Gasteiger partial charge in [0.15, 0.2) is 6.61 Å². The molecule has 8 heteroatoms. The highest BCUT2D eigenvalue weighted by atomic mass is 19.1. The standard InChI is InChI=1S/C25H27F3N2O3/c1-15-10-17-13-18(33-9-8-29)5-6-19(17)24(30(15)14-25(2,3)28)23-20(26)11-16(12-21(23)27)4-7-22(31)32/h5-6,11-13,15,24H,4,7,9-10,14H2,1-3H3,(H,31,32). The van der Waals surface area contributed by atoms with Gasteiger partial charge >= 0.3 is 5.97 Å². The second kappa shape index (κ2) is 9.84. The van der Waals surface area contributed by atoms with Crippen molar-refractivity contribution >= 4 is 5.97 Å². The lowest BCUT2D eigenvalue weighted by Gasteiger charge is -2.44. The molecule has 1 heterocycles. The van der Waals surface area contributed by atoms with E-state index >= 15 is 8.78 Å². The number of carbonyl (C=O) groups is 1. The summed E-state index contributed by atoms with van der Waals surface area (Å²) < 4.78 is 50.8. The molecule has 33 heavy (non-hydrogen) atoms. The molecule has 0 radical (unpaired) electrons. The molecule has 1 N–H and O–H groups in total. The molecule has 2 unspecified atom stereocenters. The van der Waals surface area contributed by atoms with Crippen LogP contribution in [0.4, 0.5) is 13.2 Å². The van der Waals surface area contributed by atoms with Gasteiger partial charge in [-0.1, -0.05) is 6.07 Å². The van der Waals surface area contributed by atoms with Gasteiger partial charge in [-0.2, -0.15) is 5.26 Å². The van der Waals surface area contributed by atoms with E-state index in [0.29, 0.717) is 17.7 Å². The van der Waals surface area contributed by atoms with Gasteiger partial charge in [-0.25, -0.2) is 13.2 Å². The van der Waals surface area contributed by atoms with Crippen molar-refractivity contribution in [3.8, 4) is 11.8 Å². The van der Waals surface area contributed by atoms with E-state index in [1.165, 1.54) is 13.8 Å². The number of fused-ring (bicyclic) bond motifs is 1. The fourth-order valence-electron chi connectivity index (χ4n) is 4.40. The molecule has 1 aliphatic rings. The number of benzene rings is 2. The minimum Gasteiger partial charge on any atom is -0.481 e. The molecule has 0 aliphatic carbocycles. The van der Waals surface area contributed by atoms with Crippen molar-refractivity contribution in [2.45, 2.75) is 57.8 Å². The fourth-order valence-corrected chi connectivity index (χ4v) is 4.40. The Kier molecular flexibility index (Phi) is 7.33. The third-order valence-electron chi connectivity index (χ3n) is 5.72. The number of hydrogen-bond donors (Lipinski definition) is 1. The van der Waals surface area contributed by atoms with Gasteiger partial charge in [-0.05, 0) is 74.6 Å². The second-order valence-corrected chi connectivity index (χ2v) is 9.02. The predicted molar refractivity (Wildman–Crippen MR) is 117 cm³/mol. The summed E-state index contributed by atoms with van der Waals surface area (Å²) in [7, 11) is 0. The lowest BCUT2D eigenvalue weighted by molar-refractivity contribution is -0.136. The van der Waals surface area contributed by atoms with E-state index in [9.17, 15) is 9.18 Å². The highest BCUT2D eigenvalue weighted by molar-refractivity contribution is 5.67. The molecule has 0 amide bonds. The monoisotopic (exact) mass is 460 g/mol. The number of nitriles is 1. The van der Waals surface area contributed by atoms with Gasteiger partial charge in [-0.15, -0.1) is 0 Å². The molecule has 0 bridgehead atoms. The Labute approximate surface area is 191 Å². The summed E-state index contributed by atoms with van der Waals surface area (Å²) in [4.78, 5) is 12.6. The van der Waals surface area contributed by atoms with Crippen molar-refractivity contribution in [2.24, 2.45) is 0 Å². The largest absolute Gasteiger partial charge is 0.481 e. The molecule has 176 valence electrons. The van der Waals surface area contributed by atoms with E-state index in [1.807, 2.05) is 13.0 Å². The molecule has 2 aromatic rings. The zero-order valence-electron chi connectivity index (χ0n) is 18.9. The van der Waals surface area contributed by atoms with Gasteiger partial charge in [-0.3, -0.25) is 9.69 Å². The van der Waals surface area contributed by atoms with Crippen LogP contribution in [0, 0.1) is 23.0 Å². The zero-order valence-corrected chi connectivity index (χ0v) is 18.9. The SMILES string of the molecule is CC1Cc2cc(OCC#N)ccc2C(c2c(F)cc(CCC(=O)O)cc2F)N1CC(C)(C)F. The Bertz CT molecular complexity index is 1050. The summed E-state index contributed by atoms with van der Waals surface area (Å²) in [6.07, 6.45) is 0.280. The van der Waals surface area contributed by atoms with Crippen LogP contribution in [-0.4, -0.2) is 40.8 Å². The lowest BCUT2D eigenvalue weighted by atomic mass is 9.83. The summed E-state index contributed by atoms with van der Waals surface area (Å²) in [6.45, 7) is 4.56. The summed E-state index contributed by atoms with van der Waals surface area (Å²) in [6, 6.07) is 8.20. The van der Waals surface area contributed by atoms with Gasteiger partial charge in [0.25, 0.3) is 0 Å². The van der Waals surface area contributed by atoms with Crippen molar-refractivity contribution in [1.29, 1.82) is 5.26 Å². The van der Waals surface area contributed by atoms with E-state index in [2.05, 4.69) is 0 Å². The van der Waals surface area contributed by atoms with Crippen molar-refractivity contribution in [3.05, 3.63) is 64.2 Å². The molecule has 5 nitrogen and oxygen atoms in total. The van der Waals surface area contributed by atoms with Gasteiger partial charge < -0.3 is 9.84 Å². The number of alkyl halides is 1. The van der Waals surface area contributed by atoms with Crippen molar-refractivity contribution in [1.82, 2.24) is 4.90 Å². The number of hydrogen-bond acceptors (Lipinski definition) is 4. The number of aryl methyl sites for hydroxylation is 1. The molecule has 0 fully saturated rings. The van der Waals surface area contributed by atoms with Crippen LogP contribution in [0.5, 0.6) is 5.75 Å². The molecule has 1 aliphatic heterocycles. The number of halogens is 3. The molecule has 3 rings (SSSR count). The summed E-state index contributed by atoms with van der Waals surface area (Å²) in [5.41, 5.74) is -0.106. The number of carboxylic acid groups (broad SMARTS) is 1. The number of aliphatic carboxylic acids is 1. The van der Waals surface area contributed by atoms with E-state index in [-0.39, 0.29) is 43.2 Å². The van der Waals surface area contributed by atoms with E-state index < -0.39 is 29.3 Å². The maximum Gasteiger partial charge on any atom is 0.303 e. The fraction of sp³-hybridized carbons (Fsp3) is 0.440. The summed E-state index contributed by atoms with van der Waals surface area (Å²) in [5.74, 6) is -2.18. The van der Waals surface area contributed by atoms with E-state index in [4.69, 9.17) is 15.1 Å². The number of rotatable bonds is 8. The third kappa shape index (κ3) is 5.85.